The van der Waals surface area contributed by atoms with Crippen LogP contribution in [0.1, 0.15) is 57.3 Å². The van der Waals surface area contributed by atoms with Crippen molar-refractivity contribution in [2.45, 2.75) is 32.9 Å². The maximum Gasteiger partial charge on any atom is 0.373 e. The molecule has 1 aromatic carbocycles. The van der Waals surface area contributed by atoms with E-state index in [0.29, 0.717) is 0 Å². The predicted octanol–water partition coefficient (Wildman–Crippen LogP) is 2.82. The summed E-state index contributed by atoms with van der Waals surface area (Å²) >= 11 is 0. The molecule has 29 heavy (non-hydrogen) atoms. The topological polar surface area (TPSA) is 103 Å². The summed E-state index contributed by atoms with van der Waals surface area (Å²) in [6, 6.07) is 8.29. The SMILES string of the molecule is COC(=O)c1ccc(COC(=O)[C@H](CC(C)C)N2C(=O)c3ccccc3C2=O)o1. The van der Waals surface area contributed by atoms with Crippen LogP contribution in [0.25, 0.3) is 0 Å². The van der Waals surface area contributed by atoms with E-state index in [1.165, 1.54) is 19.2 Å². The van der Waals surface area contributed by atoms with Crippen LogP contribution in [-0.4, -0.2) is 41.8 Å². The fraction of sp³-hybridized carbons (Fsp3) is 0.333. The quantitative estimate of drug-likeness (QED) is 0.521. The van der Waals surface area contributed by atoms with Crippen molar-refractivity contribution in [1.82, 2.24) is 4.90 Å². The highest BCUT2D eigenvalue weighted by molar-refractivity contribution is 6.22. The molecule has 0 bridgehead atoms. The molecule has 1 aromatic heterocycles. The average Bonchev–Trinajstić information content (AvgIpc) is 3.28. The Labute approximate surface area is 167 Å². The van der Waals surface area contributed by atoms with E-state index in [2.05, 4.69) is 4.74 Å². The lowest BCUT2D eigenvalue weighted by atomic mass is 10.0. The first-order valence-corrected chi connectivity index (χ1v) is 9.14. The molecule has 1 aliphatic rings. The molecule has 0 fully saturated rings. The Hall–Kier alpha value is -3.42. The first kappa shape index (κ1) is 20.3. The van der Waals surface area contributed by atoms with E-state index in [-0.39, 0.29) is 41.6 Å². The van der Waals surface area contributed by atoms with Gasteiger partial charge < -0.3 is 13.9 Å². The number of rotatable bonds is 7. The van der Waals surface area contributed by atoms with Crippen molar-refractivity contribution in [3.05, 3.63) is 59.0 Å². The minimum Gasteiger partial charge on any atom is -0.463 e. The summed E-state index contributed by atoms with van der Waals surface area (Å²) in [5, 5.41) is 0. The third-order valence-electron chi connectivity index (χ3n) is 4.51. The molecule has 2 aromatic rings. The van der Waals surface area contributed by atoms with E-state index in [9.17, 15) is 19.2 Å². The number of benzene rings is 1. The van der Waals surface area contributed by atoms with E-state index in [1.54, 1.807) is 24.3 Å². The molecule has 0 saturated carbocycles. The molecule has 2 heterocycles. The average molecular weight is 399 g/mol. The molecule has 152 valence electrons. The predicted molar refractivity (Wildman–Crippen MR) is 100 cm³/mol. The Balaban J connectivity index is 1.76. The van der Waals surface area contributed by atoms with Crippen molar-refractivity contribution in [3.63, 3.8) is 0 Å². The largest absolute Gasteiger partial charge is 0.463 e. The number of hydrogen-bond acceptors (Lipinski definition) is 7. The maximum absolute atomic E-state index is 12.8. The molecule has 0 N–H and O–H groups in total. The van der Waals surface area contributed by atoms with Crippen molar-refractivity contribution in [2.75, 3.05) is 7.11 Å². The number of amides is 2. The summed E-state index contributed by atoms with van der Waals surface area (Å²) in [5.74, 6) is -2.14. The second-order valence-electron chi connectivity index (χ2n) is 7.04. The molecule has 2 amide bonds. The lowest BCUT2D eigenvalue weighted by Crippen LogP contribution is -2.46. The highest BCUT2D eigenvalue weighted by atomic mass is 16.6. The van der Waals surface area contributed by atoms with Gasteiger partial charge in [-0.15, -0.1) is 0 Å². The molecule has 0 aliphatic carbocycles. The number of ether oxygens (including phenoxy) is 2. The van der Waals surface area contributed by atoms with Crippen molar-refractivity contribution in [3.8, 4) is 0 Å². The number of furan rings is 1. The first-order chi connectivity index (χ1) is 13.8. The Morgan fingerprint density at radius 3 is 2.21 bits per heavy atom. The third-order valence-corrected chi connectivity index (χ3v) is 4.51. The van der Waals surface area contributed by atoms with Gasteiger partial charge in [0.1, 0.15) is 18.4 Å². The van der Waals surface area contributed by atoms with Crippen molar-refractivity contribution in [2.24, 2.45) is 5.92 Å². The number of fused-ring (bicyclic) bond motifs is 1. The van der Waals surface area contributed by atoms with Crippen LogP contribution in [0.3, 0.4) is 0 Å². The highest BCUT2D eigenvalue weighted by Crippen LogP contribution is 2.27. The van der Waals surface area contributed by atoms with Crippen LogP contribution in [0.4, 0.5) is 0 Å². The van der Waals surface area contributed by atoms with E-state index in [1.807, 2.05) is 13.8 Å². The second-order valence-corrected chi connectivity index (χ2v) is 7.04. The summed E-state index contributed by atoms with van der Waals surface area (Å²) in [6.45, 7) is 3.52. The van der Waals surface area contributed by atoms with Gasteiger partial charge in [0.2, 0.25) is 5.76 Å². The normalized spacial score (nSPS) is 14.1. The summed E-state index contributed by atoms with van der Waals surface area (Å²) in [6.07, 6.45) is 0.260. The van der Waals surface area contributed by atoms with Crippen LogP contribution >= 0.6 is 0 Å². The number of esters is 2. The Kier molecular flexibility index (Phi) is 5.81. The highest BCUT2D eigenvalue weighted by Gasteiger charge is 2.43. The fourth-order valence-electron chi connectivity index (χ4n) is 3.15. The monoisotopic (exact) mass is 399 g/mol. The standard InChI is InChI=1S/C21H21NO7/c1-12(2)10-16(22-18(23)14-6-4-5-7-15(14)19(22)24)20(25)28-11-13-8-9-17(29-13)21(26)27-3/h4-9,12,16H,10-11H2,1-3H3/t16-/m0/s1. The molecular formula is C21H21NO7. The summed E-state index contributed by atoms with van der Waals surface area (Å²) in [7, 11) is 1.23. The van der Waals surface area contributed by atoms with Crippen LogP contribution in [0.15, 0.2) is 40.8 Å². The van der Waals surface area contributed by atoms with Crippen LogP contribution in [0.5, 0.6) is 0 Å². The van der Waals surface area contributed by atoms with Crippen LogP contribution in [-0.2, 0) is 20.9 Å². The summed E-state index contributed by atoms with van der Waals surface area (Å²) in [5.41, 5.74) is 0.542. The van der Waals surface area contributed by atoms with Gasteiger partial charge >= 0.3 is 11.9 Å². The number of imide groups is 1. The van der Waals surface area contributed by atoms with Crippen LogP contribution < -0.4 is 0 Å². The van der Waals surface area contributed by atoms with Crippen molar-refractivity contribution in [1.29, 1.82) is 0 Å². The molecule has 0 unspecified atom stereocenters. The van der Waals surface area contributed by atoms with Crippen LogP contribution in [0.2, 0.25) is 0 Å². The lowest BCUT2D eigenvalue weighted by Gasteiger charge is -2.25. The Morgan fingerprint density at radius 2 is 1.66 bits per heavy atom. The Bertz CT molecular complexity index is 924. The second kappa shape index (κ2) is 8.30. The van der Waals surface area contributed by atoms with Crippen molar-refractivity contribution < 1.29 is 33.1 Å². The molecular weight excluding hydrogens is 378 g/mol. The number of methoxy groups -OCH3 is 1. The molecule has 0 radical (unpaired) electrons. The van der Waals surface area contributed by atoms with E-state index in [0.717, 1.165) is 4.90 Å². The number of nitrogens with zero attached hydrogens (tertiary/aromatic N) is 1. The third kappa shape index (κ3) is 4.06. The first-order valence-electron chi connectivity index (χ1n) is 9.14. The molecule has 1 atom stereocenters. The smallest absolute Gasteiger partial charge is 0.373 e. The Morgan fingerprint density at radius 1 is 1.03 bits per heavy atom. The zero-order valence-electron chi connectivity index (χ0n) is 16.3. The fourth-order valence-corrected chi connectivity index (χ4v) is 3.15. The molecule has 0 spiro atoms. The number of carbonyl (C=O) groups is 4. The van der Waals surface area contributed by atoms with E-state index >= 15 is 0 Å². The van der Waals surface area contributed by atoms with Gasteiger partial charge in [0, 0.05) is 0 Å². The minimum atomic E-state index is -1.06. The van der Waals surface area contributed by atoms with Gasteiger partial charge in [-0.25, -0.2) is 9.59 Å². The van der Waals surface area contributed by atoms with Gasteiger partial charge in [-0.2, -0.15) is 0 Å². The molecule has 8 nitrogen and oxygen atoms in total. The maximum atomic E-state index is 12.8. The van der Waals surface area contributed by atoms with E-state index in [4.69, 9.17) is 9.15 Å². The van der Waals surface area contributed by atoms with Gasteiger partial charge in [0.25, 0.3) is 11.8 Å². The van der Waals surface area contributed by atoms with Gasteiger partial charge in [-0.05, 0) is 36.6 Å². The molecule has 3 rings (SSSR count). The van der Waals surface area contributed by atoms with Crippen molar-refractivity contribution >= 4 is 23.8 Å². The zero-order chi connectivity index (χ0) is 21.1. The van der Waals surface area contributed by atoms with Gasteiger partial charge in [-0.3, -0.25) is 14.5 Å². The molecule has 0 saturated heterocycles. The lowest BCUT2D eigenvalue weighted by molar-refractivity contribution is -0.150. The van der Waals surface area contributed by atoms with Gasteiger partial charge in [-0.1, -0.05) is 26.0 Å². The van der Waals surface area contributed by atoms with E-state index < -0.39 is 29.8 Å². The van der Waals surface area contributed by atoms with Gasteiger partial charge in [0.15, 0.2) is 0 Å². The number of hydrogen-bond donors (Lipinski definition) is 0. The zero-order valence-corrected chi connectivity index (χ0v) is 16.3. The number of carbonyl (C=O) groups excluding carboxylic acids is 4. The van der Waals surface area contributed by atoms with Crippen LogP contribution in [0, 0.1) is 5.92 Å². The van der Waals surface area contributed by atoms with Gasteiger partial charge in [0.05, 0.1) is 18.2 Å². The molecule has 8 heteroatoms. The summed E-state index contributed by atoms with van der Waals surface area (Å²) in [4.78, 5) is 50.7. The molecule has 1 aliphatic heterocycles. The minimum absolute atomic E-state index is 0.0161. The summed E-state index contributed by atoms with van der Waals surface area (Å²) < 4.78 is 15.1.